The van der Waals surface area contributed by atoms with Crippen LogP contribution in [0.1, 0.15) is 165 Å². The standard InChI is InChI=1S/C15H20O5S.2C12H23N/c16-12(7-4-8-13(17)18)15(21-10-9-14(19)20)11-5-2-1-3-6-11;2*1-3-7-11(8-4-1)13-12-9-5-2-6-10-12/h1-3,5-6,12,15-16H,4,7-10H2,(H,17,18)(H,19,20);2*11-13H,1-10H2. The van der Waals surface area contributed by atoms with E-state index in [-0.39, 0.29) is 18.1 Å². The number of nitrogens with one attached hydrogen (secondary N) is 2. The topological polar surface area (TPSA) is 119 Å². The van der Waals surface area contributed by atoms with Crippen LogP contribution in [0.5, 0.6) is 0 Å². The van der Waals surface area contributed by atoms with Gasteiger partial charge in [0, 0.05) is 36.3 Å². The number of carboxylic acids is 2. The summed E-state index contributed by atoms with van der Waals surface area (Å²) in [6, 6.07) is 12.9. The van der Waals surface area contributed by atoms with E-state index >= 15 is 0 Å². The molecule has 2 atom stereocenters. The lowest BCUT2D eigenvalue weighted by Gasteiger charge is -2.30. The summed E-state index contributed by atoms with van der Waals surface area (Å²) in [6.45, 7) is 0. The van der Waals surface area contributed by atoms with Gasteiger partial charge in [-0.15, -0.1) is 0 Å². The van der Waals surface area contributed by atoms with E-state index in [4.69, 9.17) is 10.2 Å². The van der Waals surface area contributed by atoms with Crippen LogP contribution in [-0.2, 0) is 9.59 Å². The first-order valence-electron chi connectivity index (χ1n) is 19.2. The van der Waals surface area contributed by atoms with Gasteiger partial charge in [0.05, 0.1) is 17.8 Å². The fourth-order valence-corrected chi connectivity index (χ4v) is 8.96. The molecule has 4 saturated carbocycles. The van der Waals surface area contributed by atoms with Gasteiger partial charge in [-0.25, -0.2) is 0 Å². The molecule has 8 heteroatoms. The van der Waals surface area contributed by atoms with Crippen molar-refractivity contribution in [1.82, 2.24) is 10.6 Å². The van der Waals surface area contributed by atoms with Gasteiger partial charge >= 0.3 is 11.9 Å². The largest absolute Gasteiger partial charge is 0.481 e. The van der Waals surface area contributed by atoms with Crippen molar-refractivity contribution in [3.8, 4) is 0 Å². The van der Waals surface area contributed by atoms with Gasteiger partial charge in [-0.1, -0.05) is 107 Å². The highest BCUT2D eigenvalue weighted by Crippen LogP contribution is 2.34. The molecule has 0 amide bonds. The summed E-state index contributed by atoms with van der Waals surface area (Å²) in [5, 5.41) is 35.1. The Morgan fingerprint density at radius 3 is 1.36 bits per heavy atom. The zero-order chi connectivity index (χ0) is 33.5. The molecule has 4 fully saturated rings. The van der Waals surface area contributed by atoms with Crippen molar-refractivity contribution in [3.05, 3.63) is 35.9 Å². The highest BCUT2D eigenvalue weighted by Gasteiger charge is 2.23. The summed E-state index contributed by atoms with van der Waals surface area (Å²) in [5.41, 5.74) is 0.927. The molecular weight excluding hydrogens is 609 g/mol. The van der Waals surface area contributed by atoms with Gasteiger partial charge in [0.1, 0.15) is 0 Å². The quantitative estimate of drug-likeness (QED) is 0.133. The van der Waals surface area contributed by atoms with Crippen LogP contribution in [0.3, 0.4) is 0 Å². The van der Waals surface area contributed by atoms with Gasteiger partial charge in [-0.2, -0.15) is 11.8 Å². The Morgan fingerprint density at radius 1 is 0.617 bits per heavy atom. The highest BCUT2D eigenvalue weighted by molar-refractivity contribution is 7.99. The molecule has 47 heavy (non-hydrogen) atoms. The Kier molecular flexibility index (Phi) is 20.8. The first-order valence-corrected chi connectivity index (χ1v) is 20.3. The summed E-state index contributed by atoms with van der Waals surface area (Å²) in [7, 11) is 0. The predicted molar refractivity (Wildman–Crippen MR) is 195 cm³/mol. The molecule has 268 valence electrons. The van der Waals surface area contributed by atoms with Crippen molar-refractivity contribution in [2.45, 2.75) is 190 Å². The summed E-state index contributed by atoms with van der Waals surface area (Å²) in [6.07, 6.45) is 29.3. The molecule has 1 aromatic rings. The van der Waals surface area contributed by atoms with Gasteiger partial charge in [-0.3, -0.25) is 9.59 Å². The molecular formula is C39H66N2O5S. The average Bonchev–Trinajstić information content (AvgIpc) is 3.09. The van der Waals surface area contributed by atoms with E-state index in [1.807, 2.05) is 30.3 Å². The van der Waals surface area contributed by atoms with E-state index < -0.39 is 18.0 Å². The van der Waals surface area contributed by atoms with Gasteiger partial charge in [0.2, 0.25) is 0 Å². The maximum absolute atomic E-state index is 10.6. The molecule has 0 aliphatic heterocycles. The number of rotatable bonds is 14. The van der Waals surface area contributed by atoms with E-state index in [1.54, 1.807) is 0 Å². The lowest BCUT2D eigenvalue weighted by molar-refractivity contribution is -0.138. The number of aliphatic hydroxyl groups is 1. The Hall–Kier alpha value is -1.61. The molecule has 5 rings (SSSR count). The van der Waals surface area contributed by atoms with Crippen LogP contribution < -0.4 is 10.6 Å². The lowest BCUT2D eigenvalue weighted by atomic mass is 9.91. The zero-order valence-electron chi connectivity index (χ0n) is 29.1. The van der Waals surface area contributed by atoms with Crippen LogP contribution in [0.4, 0.5) is 0 Å². The van der Waals surface area contributed by atoms with Gasteiger partial charge in [0.25, 0.3) is 0 Å². The minimum atomic E-state index is -0.878. The SMILES string of the molecule is C1CCC(NC2CCCCC2)CC1.C1CCC(NC2CCCCC2)CC1.O=C(O)CCCC(O)C(SCCC(=O)O)c1ccccc1. The number of carbonyl (C=O) groups is 2. The van der Waals surface area contributed by atoms with Crippen molar-refractivity contribution >= 4 is 23.7 Å². The predicted octanol–water partition coefficient (Wildman–Crippen LogP) is 9.03. The number of carboxylic acid groups (broad SMARTS) is 2. The van der Waals surface area contributed by atoms with Crippen molar-refractivity contribution < 1.29 is 24.9 Å². The van der Waals surface area contributed by atoms with Crippen molar-refractivity contribution in [1.29, 1.82) is 0 Å². The molecule has 0 spiro atoms. The summed E-state index contributed by atoms with van der Waals surface area (Å²) in [5.74, 6) is -1.34. The zero-order valence-corrected chi connectivity index (χ0v) is 29.9. The van der Waals surface area contributed by atoms with Crippen LogP contribution in [0, 0.1) is 0 Å². The minimum Gasteiger partial charge on any atom is -0.481 e. The van der Waals surface area contributed by atoms with Crippen molar-refractivity contribution in [3.63, 3.8) is 0 Å². The molecule has 5 N–H and O–H groups in total. The van der Waals surface area contributed by atoms with E-state index in [1.165, 1.54) is 140 Å². The number of aliphatic hydroxyl groups excluding tert-OH is 1. The second-order valence-electron chi connectivity index (χ2n) is 14.4. The molecule has 7 nitrogen and oxygen atoms in total. The summed E-state index contributed by atoms with van der Waals surface area (Å²) in [4.78, 5) is 21.1. The molecule has 1 aromatic carbocycles. The molecule has 0 bridgehead atoms. The molecule has 0 heterocycles. The molecule has 0 aromatic heterocycles. The maximum atomic E-state index is 10.6. The third-order valence-corrected chi connectivity index (χ3v) is 11.7. The number of hydrogen-bond donors (Lipinski definition) is 5. The first-order chi connectivity index (χ1) is 22.9. The van der Waals surface area contributed by atoms with E-state index in [2.05, 4.69) is 10.6 Å². The van der Waals surface area contributed by atoms with E-state index in [0.717, 1.165) is 29.7 Å². The molecule has 4 aliphatic carbocycles. The van der Waals surface area contributed by atoms with Crippen LogP contribution >= 0.6 is 11.8 Å². The number of benzene rings is 1. The van der Waals surface area contributed by atoms with Crippen LogP contribution in [-0.4, -0.2) is 63.3 Å². The third-order valence-electron chi connectivity index (χ3n) is 10.3. The Morgan fingerprint density at radius 2 is 1.00 bits per heavy atom. The van der Waals surface area contributed by atoms with Crippen molar-refractivity contribution in [2.24, 2.45) is 0 Å². The summed E-state index contributed by atoms with van der Waals surface area (Å²) < 4.78 is 0. The third kappa shape index (κ3) is 18.1. The van der Waals surface area contributed by atoms with Gasteiger partial charge in [0.15, 0.2) is 0 Å². The fraction of sp³-hybridized carbons (Fsp3) is 0.795. The minimum absolute atomic E-state index is 0.0262. The number of hydrogen-bond acceptors (Lipinski definition) is 6. The van der Waals surface area contributed by atoms with Crippen LogP contribution in [0.25, 0.3) is 0 Å². The monoisotopic (exact) mass is 674 g/mol. The second kappa shape index (κ2) is 24.5. The van der Waals surface area contributed by atoms with E-state index in [0.29, 0.717) is 18.6 Å². The smallest absolute Gasteiger partial charge is 0.304 e. The Balaban J connectivity index is 0.000000200. The Labute approximate surface area is 289 Å². The molecule has 0 saturated heterocycles. The second-order valence-corrected chi connectivity index (χ2v) is 15.6. The molecule has 4 aliphatic rings. The average molecular weight is 675 g/mol. The number of thioether (sulfide) groups is 1. The van der Waals surface area contributed by atoms with Crippen LogP contribution in [0.15, 0.2) is 30.3 Å². The Bertz CT molecular complexity index is 876. The normalized spacial score (nSPS) is 21.4. The lowest BCUT2D eigenvalue weighted by Crippen LogP contribution is -2.40. The van der Waals surface area contributed by atoms with Crippen molar-refractivity contribution in [2.75, 3.05) is 5.75 Å². The fourth-order valence-electron chi connectivity index (χ4n) is 7.70. The van der Waals surface area contributed by atoms with Gasteiger partial charge < -0.3 is 26.0 Å². The highest BCUT2D eigenvalue weighted by atomic mass is 32.2. The number of aliphatic carboxylic acids is 2. The van der Waals surface area contributed by atoms with Gasteiger partial charge in [-0.05, 0) is 69.8 Å². The molecule has 0 radical (unpaired) electrons. The maximum Gasteiger partial charge on any atom is 0.304 e. The first kappa shape index (κ1) is 39.8. The summed E-state index contributed by atoms with van der Waals surface area (Å²) >= 11 is 1.39. The van der Waals surface area contributed by atoms with Crippen LogP contribution in [0.2, 0.25) is 0 Å². The molecule has 2 unspecified atom stereocenters. The van der Waals surface area contributed by atoms with E-state index in [9.17, 15) is 14.7 Å².